The van der Waals surface area contributed by atoms with Crippen molar-refractivity contribution < 1.29 is 4.79 Å². The molecule has 0 radical (unpaired) electrons. The van der Waals surface area contributed by atoms with Crippen LogP contribution in [0.2, 0.25) is 5.15 Å². The monoisotopic (exact) mass is 265 g/mol. The number of amides is 1. The van der Waals surface area contributed by atoms with Crippen molar-refractivity contribution >= 4 is 28.9 Å². The van der Waals surface area contributed by atoms with E-state index in [0.29, 0.717) is 22.9 Å². The number of aryl methyl sites for hydroxylation is 1. The molecule has 2 heterocycles. The molecule has 18 heavy (non-hydrogen) atoms. The minimum atomic E-state index is -0.382. The minimum Gasteiger partial charge on any atom is -0.395 e. The summed E-state index contributed by atoms with van der Waals surface area (Å²) in [4.78, 5) is 15.8. The molecule has 0 spiro atoms. The van der Waals surface area contributed by atoms with E-state index >= 15 is 0 Å². The van der Waals surface area contributed by atoms with E-state index in [-0.39, 0.29) is 11.6 Å². The summed E-state index contributed by atoms with van der Waals surface area (Å²) in [5.41, 5.74) is 7.63. The number of hydrogen-bond donors (Lipinski definition) is 3. The van der Waals surface area contributed by atoms with Gasteiger partial charge in [0.15, 0.2) is 5.69 Å². The molecule has 0 fully saturated rings. The molecule has 2 aromatic heterocycles. The van der Waals surface area contributed by atoms with Crippen LogP contribution in [-0.2, 0) is 6.42 Å². The van der Waals surface area contributed by atoms with E-state index in [2.05, 4.69) is 20.5 Å². The van der Waals surface area contributed by atoms with Gasteiger partial charge in [-0.05, 0) is 18.6 Å². The van der Waals surface area contributed by atoms with Gasteiger partial charge in [-0.25, -0.2) is 4.98 Å². The van der Waals surface area contributed by atoms with Crippen LogP contribution in [0.4, 0.5) is 11.4 Å². The van der Waals surface area contributed by atoms with Crippen LogP contribution in [0.1, 0.15) is 23.1 Å². The van der Waals surface area contributed by atoms with Gasteiger partial charge in [0, 0.05) is 0 Å². The molecule has 0 aliphatic heterocycles. The summed E-state index contributed by atoms with van der Waals surface area (Å²) in [5, 5.41) is 9.62. The molecule has 94 valence electrons. The van der Waals surface area contributed by atoms with Crippen molar-refractivity contribution in [2.45, 2.75) is 13.3 Å². The van der Waals surface area contributed by atoms with Gasteiger partial charge in [0.2, 0.25) is 0 Å². The molecule has 1 amide bonds. The molecule has 6 nitrogen and oxygen atoms in total. The number of nitrogens with one attached hydrogen (secondary N) is 2. The average molecular weight is 266 g/mol. The highest BCUT2D eigenvalue weighted by molar-refractivity contribution is 6.29. The van der Waals surface area contributed by atoms with Crippen LogP contribution in [0.25, 0.3) is 0 Å². The van der Waals surface area contributed by atoms with Gasteiger partial charge in [-0.2, -0.15) is 5.10 Å². The Hall–Kier alpha value is -2.08. The number of hydrogen-bond acceptors (Lipinski definition) is 4. The summed E-state index contributed by atoms with van der Waals surface area (Å²) >= 11 is 5.65. The molecular formula is C11H12ClN5O. The third kappa shape index (κ3) is 2.43. The number of nitrogens with zero attached hydrogens (tertiary/aromatic N) is 2. The number of halogens is 1. The maximum atomic E-state index is 11.9. The lowest BCUT2D eigenvalue weighted by Gasteiger charge is -2.03. The Morgan fingerprint density at radius 2 is 2.33 bits per heavy atom. The maximum absolute atomic E-state index is 11.9. The molecule has 0 aliphatic rings. The Labute approximate surface area is 109 Å². The Balaban J connectivity index is 2.16. The van der Waals surface area contributed by atoms with Gasteiger partial charge in [-0.15, -0.1) is 0 Å². The van der Waals surface area contributed by atoms with E-state index in [4.69, 9.17) is 17.3 Å². The van der Waals surface area contributed by atoms with Gasteiger partial charge in [0.1, 0.15) is 5.15 Å². The summed E-state index contributed by atoms with van der Waals surface area (Å²) < 4.78 is 0. The zero-order valence-corrected chi connectivity index (χ0v) is 10.5. The molecule has 0 saturated heterocycles. The summed E-state index contributed by atoms with van der Waals surface area (Å²) in [7, 11) is 0. The first-order valence-corrected chi connectivity index (χ1v) is 5.75. The van der Waals surface area contributed by atoms with Crippen LogP contribution in [-0.4, -0.2) is 21.1 Å². The predicted octanol–water partition coefficient (Wildman–Crippen LogP) is 1.85. The lowest BCUT2D eigenvalue weighted by atomic mass is 10.2. The fraction of sp³-hybridized carbons (Fsp3) is 0.182. The number of aromatic amines is 1. The maximum Gasteiger partial charge on any atom is 0.278 e. The normalized spacial score (nSPS) is 10.3. The Bertz CT molecular complexity index is 563. The smallest absolute Gasteiger partial charge is 0.278 e. The SMILES string of the molecule is CCc1[nH]nc(C(=O)Nc2ccc(Cl)nc2)c1N. The fourth-order valence-corrected chi connectivity index (χ4v) is 1.58. The van der Waals surface area contributed by atoms with Crippen LogP contribution in [0.15, 0.2) is 18.3 Å². The summed E-state index contributed by atoms with van der Waals surface area (Å²) in [5.74, 6) is -0.382. The van der Waals surface area contributed by atoms with Crippen molar-refractivity contribution in [3.63, 3.8) is 0 Å². The highest BCUT2D eigenvalue weighted by atomic mass is 35.5. The standard InChI is InChI=1S/C11H12ClN5O/c1-2-7-9(13)10(17-16-7)11(18)15-6-3-4-8(12)14-5-6/h3-5H,2,13H2,1H3,(H,15,18)(H,16,17). The average Bonchev–Trinajstić information content (AvgIpc) is 2.73. The number of anilines is 2. The van der Waals surface area contributed by atoms with Crippen LogP contribution >= 0.6 is 11.6 Å². The number of carbonyl (C=O) groups is 1. The molecule has 0 unspecified atom stereocenters. The highest BCUT2D eigenvalue weighted by Gasteiger charge is 2.16. The van der Waals surface area contributed by atoms with Crippen molar-refractivity contribution in [2.75, 3.05) is 11.1 Å². The summed E-state index contributed by atoms with van der Waals surface area (Å²) in [6.45, 7) is 1.93. The second kappa shape index (κ2) is 5.05. The Kier molecular flexibility index (Phi) is 3.47. The molecule has 2 rings (SSSR count). The number of nitrogens with two attached hydrogens (primary N) is 1. The van der Waals surface area contributed by atoms with Crippen LogP contribution < -0.4 is 11.1 Å². The second-order valence-corrected chi connectivity index (χ2v) is 4.03. The third-order valence-corrected chi connectivity index (χ3v) is 2.66. The molecule has 0 bridgehead atoms. The zero-order chi connectivity index (χ0) is 13.1. The van der Waals surface area contributed by atoms with E-state index in [1.54, 1.807) is 12.1 Å². The number of aromatic nitrogens is 3. The zero-order valence-electron chi connectivity index (χ0n) is 9.70. The van der Waals surface area contributed by atoms with E-state index in [1.165, 1.54) is 6.20 Å². The molecule has 0 atom stereocenters. The number of carbonyl (C=O) groups excluding carboxylic acids is 1. The number of H-pyrrole nitrogens is 1. The molecule has 0 aliphatic carbocycles. The van der Waals surface area contributed by atoms with Gasteiger partial charge in [0.25, 0.3) is 5.91 Å². The molecular weight excluding hydrogens is 254 g/mol. The van der Waals surface area contributed by atoms with E-state index in [9.17, 15) is 4.79 Å². The summed E-state index contributed by atoms with van der Waals surface area (Å²) in [6.07, 6.45) is 2.15. The number of nitrogen functional groups attached to an aromatic ring is 1. The molecule has 7 heteroatoms. The van der Waals surface area contributed by atoms with Crippen LogP contribution in [0.5, 0.6) is 0 Å². The second-order valence-electron chi connectivity index (χ2n) is 3.64. The lowest BCUT2D eigenvalue weighted by molar-refractivity contribution is 0.102. The van der Waals surface area contributed by atoms with E-state index in [1.807, 2.05) is 6.92 Å². The minimum absolute atomic E-state index is 0.182. The van der Waals surface area contributed by atoms with Crippen LogP contribution in [0, 0.1) is 0 Å². The molecule has 2 aromatic rings. The lowest BCUT2D eigenvalue weighted by Crippen LogP contribution is -2.14. The fourth-order valence-electron chi connectivity index (χ4n) is 1.47. The van der Waals surface area contributed by atoms with E-state index in [0.717, 1.165) is 5.69 Å². The van der Waals surface area contributed by atoms with Crippen molar-refractivity contribution in [1.82, 2.24) is 15.2 Å². The van der Waals surface area contributed by atoms with Gasteiger partial charge in [0.05, 0.1) is 23.3 Å². The number of pyridine rings is 1. The first kappa shape index (κ1) is 12.4. The Morgan fingerprint density at radius 3 is 2.89 bits per heavy atom. The van der Waals surface area contributed by atoms with Crippen molar-refractivity contribution in [2.24, 2.45) is 0 Å². The highest BCUT2D eigenvalue weighted by Crippen LogP contribution is 2.16. The topological polar surface area (TPSA) is 96.7 Å². The van der Waals surface area contributed by atoms with Gasteiger partial charge < -0.3 is 11.1 Å². The van der Waals surface area contributed by atoms with Gasteiger partial charge in [-0.1, -0.05) is 18.5 Å². The largest absolute Gasteiger partial charge is 0.395 e. The molecule has 0 saturated carbocycles. The summed E-state index contributed by atoms with van der Waals surface area (Å²) in [6, 6.07) is 3.24. The van der Waals surface area contributed by atoms with E-state index < -0.39 is 0 Å². The van der Waals surface area contributed by atoms with Gasteiger partial charge >= 0.3 is 0 Å². The van der Waals surface area contributed by atoms with Gasteiger partial charge in [-0.3, -0.25) is 9.89 Å². The van der Waals surface area contributed by atoms with Crippen molar-refractivity contribution in [3.8, 4) is 0 Å². The van der Waals surface area contributed by atoms with Crippen molar-refractivity contribution in [1.29, 1.82) is 0 Å². The first-order valence-electron chi connectivity index (χ1n) is 5.37. The predicted molar refractivity (Wildman–Crippen MR) is 69.6 cm³/mol. The van der Waals surface area contributed by atoms with Crippen molar-refractivity contribution in [3.05, 3.63) is 34.9 Å². The quantitative estimate of drug-likeness (QED) is 0.738. The number of rotatable bonds is 3. The third-order valence-electron chi connectivity index (χ3n) is 2.44. The first-order chi connectivity index (χ1) is 8.61. The van der Waals surface area contributed by atoms with Crippen LogP contribution in [0.3, 0.4) is 0 Å². The molecule has 4 N–H and O–H groups in total. The molecule has 0 aromatic carbocycles. The Morgan fingerprint density at radius 1 is 1.56 bits per heavy atom.